The van der Waals surface area contributed by atoms with Gasteiger partial charge in [-0.2, -0.15) is 4.80 Å². The lowest BCUT2D eigenvalue weighted by atomic mass is 10.2. The summed E-state index contributed by atoms with van der Waals surface area (Å²) in [6.07, 6.45) is 0. The van der Waals surface area contributed by atoms with Crippen LogP contribution in [0.5, 0.6) is 0 Å². The minimum absolute atomic E-state index is 0.202. The van der Waals surface area contributed by atoms with E-state index in [1.165, 1.54) is 4.80 Å². The van der Waals surface area contributed by atoms with Crippen LogP contribution in [0.15, 0.2) is 0 Å². The van der Waals surface area contributed by atoms with Crippen LogP contribution in [0, 0.1) is 0 Å². The first-order valence-electron chi connectivity index (χ1n) is 3.18. The van der Waals surface area contributed by atoms with Gasteiger partial charge in [-0.3, -0.25) is 0 Å². The molecule has 0 radical (unpaired) electrons. The summed E-state index contributed by atoms with van der Waals surface area (Å²) in [4.78, 5) is 1.43. The molecule has 0 spiro atoms. The second kappa shape index (κ2) is 2.74. The van der Waals surface area contributed by atoms with Crippen LogP contribution in [-0.2, 0) is 7.05 Å². The summed E-state index contributed by atoms with van der Waals surface area (Å²) < 4.78 is 0. The van der Waals surface area contributed by atoms with Gasteiger partial charge in [0.15, 0.2) is 5.82 Å². The average molecular weight is 141 g/mol. The molecule has 0 saturated carbocycles. The molecule has 1 heterocycles. The Labute approximate surface area is 59.2 Å². The number of hydrogen-bond acceptors (Lipinski definition) is 4. The van der Waals surface area contributed by atoms with Crippen molar-refractivity contribution in [1.82, 2.24) is 20.2 Å². The van der Waals surface area contributed by atoms with Crippen molar-refractivity contribution in [1.29, 1.82) is 0 Å². The Balaban J connectivity index is 2.74. The van der Waals surface area contributed by atoms with Crippen molar-refractivity contribution in [3.05, 3.63) is 5.82 Å². The van der Waals surface area contributed by atoms with Crippen LogP contribution in [-0.4, -0.2) is 26.8 Å². The third-order valence-electron chi connectivity index (χ3n) is 1.32. The molecule has 1 unspecified atom stereocenters. The fourth-order valence-electron chi connectivity index (χ4n) is 0.601. The quantitative estimate of drug-likeness (QED) is 0.589. The van der Waals surface area contributed by atoms with Crippen molar-refractivity contribution >= 4 is 0 Å². The molecule has 5 nitrogen and oxygen atoms in total. The molecule has 0 bridgehead atoms. The number of tetrazole rings is 1. The zero-order valence-corrected chi connectivity index (χ0v) is 6.15. The van der Waals surface area contributed by atoms with Gasteiger partial charge in [0.1, 0.15) is 0 Å². The average Bonchev–Trinajstić information content (AvgIpc) is 2.34. The standard InChI is InChI=1S/C5H11N5/c1-4(3-6)5-7-9-10(2)8-5/h4H,3,6H2,1-2H3. The van der Waals surface area contributed by atoms with Gasteiger partial charge in [-0.1, -0.05) is 6.92 Å². The molecule has 1 aromatic rings. The van der Waals surface area contributed by atoms with Gasteiger partial charge in [-0.15, -0.1) is 10.2 Å². The zero-order chi connectivity index (χ0) is 7.56. The highest BCUT2D eigenvalue weighted by atomic mass is 15.6. The molecule has 0 aliphatic heterocycles. The largest absolute Gasteiger partial charge is 0.330 e. The highest BCUT2D eigenvalue weighted by Gasteiger charge is 2.07. The number of aryl methyl sites for hydroxylation is 1. The van der Waals surface area contributed by atoms with Gasteiger partial charge in [0.05, 0.1) is 7.05 Å². The van der Waals surface area contributed by atoms with E-state index in [9.17, 15) is 0 Å². The van der Waals surface area contributed by atoms with E-state index in [1.54, 1.807) is 7.05 Å². The Kier molecular flexibility index (Phi) is 1.96. The van der Waals surface area contributed by atoms with Gasteiger partial charge < -0.3 is 5.73 Å². The first-order chi connectivity index (χ1) is 4.74. The van der Waals surface area contributed by atoms with E-state index < -0.39 is 0 Å². The minimum Gasteiger partial charge on any atom is -0.330 e. The summed E-state index contributed by atoms with van der Waals surface area (Å²) in [6.45, 7) is 2.53. The highest BCUT2D eigenvalue weighted by Crippen LogP contribution is 2.03. The molecule has 0 aliphatic rings. The molecular formula is C5H11N5. The van der Waals surface area contributed by atoms with Crippen molar-refractivity contribution < 1.29 is 0 Å². The fraction of sp³-hybridized carbons (Fsp3) is 0.800. The predicted octanol–water partition coefficient (Wildman–Crippen LogP) is -0.728. The van der Waals surface area contributed by atoms with Crippen molar-refractivity contribution in [2.75, 3.05) is 6.54 Å². The molecule has 0 fully saturated rings. The van der Waals surface area contributed by atoms with Crippen LogP contribution in [0.1, 0.15) is 18.7 Å². The summed E-state index contributed by atoms with van der Waals surface area (Å²) >= 11 is 0. The fourth-order valence-corrected chi connectivity index (χ4v) is 0.601. The first kappa shape index (κ1) is 7.14. The normalized spacial score (nSPS) is 13.5. The molecule has 0 aromatic carbocycles. The summed E-state index contributed by atoms with van der Waals surface area (Å²) in [7, 11) is 1.74. The summed E-state index contributed by atoms with van der Waals surface area (Å²) in [5, 5.41) is 11.5. The van der Waals surface area contributed by atoms with Crippen LogP contribution in [0.4, 0.5) is 0 Å². The van der Waals surface area contributed by atoms with E-state index in [2.05, 4.69) is 15.4 Å². The zero-order valence-electron chi connectivity index (χ0n) is 6.15. The number of rotatable bonds is 2. The summed E-state index contributed by atoms with van der Waals surface area (Å²) in [5.74, 6) is 0.915. The Bertz CT molecular complexity index is 206. The second-order valence-corrected chi connectivity index (χ2v) is 2.27. The van der Waals surface area contributed by atoms with Crippen molar-refractivity contribution in [2.45, 2.75) is 12.8 Å². The van der Waals surface area contributed by atoms with E-state index in [4.69, 9.17) is 5.73 Å². The lowest BCUT2D eigenvalue weighted by Gasteiger charge is -1.98. The monoisotopic (exact) mass is 141 g/mol. The molecule has 1 rings (SSSR count). The minimum atomic E-state index is 0.202. The summed E-state index contributed by atoms with van der Waals surface area (Å²) in [5.41, 5.74) is 5.40. The van der Waals surface area contributed by atoms with Crippen LogP contribution in [0.2, 0.25) is 0 Å². The Morgan fingerprint density at radius 2 is 2.40 bits per heavy atom. The van der Waals surface area contributed by atoms with E-state index in [1.807, 2.05) is 6.92 Å². The van der Waals surface area contributed by atoms with E-state index in [0.717, 1.165) is 0 Å². The SMILES string of the molecule is CC(CN)c1nnn(C)n1. The van der Waals surface area contributed by atoms with Gasteiger partial charge in [0.25, 0.3) is 0 Å². The third kappa shape index (κ3) is 1.30. The summed E-state index contributed by atoms with van der Waals surface area (Å²) in [6, 6.07) is 0. The van der Waals surface area contributed by atoms with E-state index in [0.29, 0.717) is 12.4 Å². The maximum Gasteiger partial charge on any atom is 0.178 e. The lowest BCUT2D eigenvalue weighted by Crippen LogP contribution is -2.10. The van der Waals surface area contributed by atoms with Crippen LogP contribution < -0.4 is 5.73 Å². The van der Waals surface area contributed by atoms with Gasteiger partial charge in [0, 0.05) is 12.5 Å². The lowest BCUT2D eigenvalue weighted by molar-refractivity contribution is 0.622. The molecule has 5 heteroatoms. The van der Waals surface area contributed by atoms with Crippen molar-refractivity contribution in [2.24, 2.45) is 12.8 Å². The maximum absolute atomic E-state index is 5.40. The smallest absolute Gasteiger partial charge is 0.178 e. The number of hydrogen-bond donors (Lipinski definition) is 1. The van der Waals surface area contributed by atoms with Gasteiger partial charge in [0.2, 0.25) is 0 Å². The highest BCUT2D eigenvalue weighted by molar-refractivity contribution is 4.88. The van der Waals surface area contributed by atoms with E-state index >= 15 is 0 Å². The molecular weight excluding hydrogens is 130 g/mol. The molecule has 2 N–H and O–H groups in total. The molecule has 1 aromatic heterocycles. The molecule has 1 atom stereocenters. The van der Waals surface area contributed by atoms with Crippen molar-refractivity contribution in [3.63, 3.8) is 0 Å². The Morgan fingerprint density at radius 3 is 2.80 bits per heavy atom. The number of aromatic nitrogens is 4. The van der Waals surface area contributed by atoms with Crippen LogP contribution in [0.3, 0.4) is 0 Å². The molecule has 0 amide bonds. The molecule has 0 saturated heterocycles. The molecule has 56 valence electrons. The molecule has 10 heavy (non-hydrogen) atoms. The van der Waals surface area contributed by atoms with E-state index in [-0.39, 0.29) is 5.92 Å². The van der Waals surface area contributed by atoms with Gasteiger partial charge in [-0.25, -0.2) is 0 Å². The Hall–Kier alpha value is -0.970. The van der Waals surface area contributed by atoms with Crippen molar-refractivity contribution in [3.8, 4) is 0 Å². The maximum atomic E-state index is 5.40. The second-order valence-electron chi connectivity index (χ2n) is 2.27. The van der Waals surface area contributed by atoms with Gasteiger partial charge in [-0.05, 0) is 5.21 Å². The topological polar surface area (TPSA) is 69.6 Å². The van der Waals surface area contributed by atoms with Crippen LogP contribution in [0.25, 0.3) is 0 Å². The Morgan fingerprint density at radius 1 is 1.70 bits per heavy atom. The number of nitrogens with zero attached hydrogens (tertiary/aromatic N) is 4. The van der Waals surface area contributed by atoms with Crippen LogP contribution >= 0.6 is 0 Å². The van der Waals surface area contributed by atoms with Gasteiger partial charge >= 0.3 is 0 Å². The predicted molar refractivity (Wildman–Crippen MR) is 36.3 cm³/mol. The molecule has 0 aliphatic carbocycles. The first-order valence-corrected chi connectivity index (χ1v) is 3.18. The number of nitrogens with two attached hydrogens (primary N) is 1. The third-order valence-corrected chi connectivity index (χ3v) is 1.32.